The zero-order chi connectivity index (χ0) is 13.9. The van der Waals surface area contributed by atoms with Crippen LogP contribution < -0.4 is 5.32 Å². The summed E-state index contributed by atoms with van der Waals surface area (Å²) in [5.41, 5.74) is 4.58. The van der Waals surface area contributed by atoms with E-state index in [0.29, 0.717) is 5.92 Å². The predicted molar refractivity (Wildman–Crippen MR) is 81.8 cm³/mol. The second-order valence-corrected chi connectivity index (χ2v) is 5.61. The van der Waals surface area contributed by atoms with Gasteiger partial charge in [-0.25, -0.2) is 9.97 Å². The first-order chi connectivity index (χ1) is 9.74. The molecule has 1 fully saturated rings. The largest absolute Gasteiger partial charge is 0.316 e. The highest BCUT2D eigenvalue weighted by atomic mass is 14.9. The van der Waals surface area contributed by atoms with Crippen LogP contribution in [0.5, 0.6) is 0 Å². The standard InChI is InChI=1S/C17H21N3/c1-12-6-3-4-8-15(12)16-10-13(2)19-17(20-16)14-7-5-9-18-11-14/h3-4,6,8,10,14,18H,5,7,9,11H2,1-2H3. The van der Waals surface area contributed by atoms with Crippen molar-refractivity contribution in [3.8, 4) is 11.3 Å². The zero-order valence-electron chi connectivity index (χ0n) is 12.2. The van der Waals surface area contributed by atoms with Crippen LogP contribution in [0.1, 0.15) is 35.8 Å². The molecule has 1 atom stereocenters. The van der Waals surface area contributed by atoms with Crippen molar-refractivity contribution >= 4 is 0 Å². The van der Waals surface area contributed by atoms with Gasteiger partial charge in [-0.1, -0.05) is 24.3 Å². The molecule has 1 aliphatic rings. The van der Waals surface area contributed by atoms with E-state index >= 15 is 0 Å². The molecule has 1 N–H and O–H groups in total. The van der Waals surface area contributed by atoms with E-state index in [1.54, 1.807) is 0 Å². The molecule has 1 saturated heterocycles. The summed E-state index contributed by atoms with van der Waals surface area (Å²) in [7, 11) is 0. The first-order valence-corrected chi connectivity index (χ1v) is 7.36. The van der Waals surface area contributed by atoms with Crippen molar-refractivity contribution < 1.29 is 0 Å². The van der Waals surface area contributed by atoms with Crippen molar-refractivity contribution in [1.29, 1.82) is 0 Å². The summed E-state index contributed by atoms with van der Waals surface area (Å²) < 4.78 is 0. The Hall–Kier alpha value is -1.74. The van der Waals surface area contributed by atoms with E-state index in [1.165, 1.54) is 24.0 Å². The van der Waals surface area contributed by atoms with E-state index in [-0.39, 0.29) is 0 Å². The quantitative estimate of drug-likeness (QED) is 0.907. The Morgan fingerprint density at radius 1 is 1.15 bits per heavy atom. The third-order valence-corrected chi connectivity index (χ3v) is 3.95. The molecule has 2 aromatic rings. The summed E-state index contributed by atoms with van der Waals surface area (Å²) in [4.78, 5) is 9.50. The number of piperidine rings is 1. The van der Waals surface area contributed by atoms with Crippen LogP contribution in [0.2, 0.25) is 0 Å². The lowest BCUT2D eigenvalue weighted by Gasteiger charge is -2.22. The minimum atomic E-state index is 0.450. The van der Waals surface area contributed by atoms with E-state index in [2.05, 4.69) is 54.5 Å². The van der Waals surface area contributed by atoms with Gasteiger partial charge in [0.1, 0.15) is 5.82 Å². The number of nitrogens with one attached hydrogen (secondary N) is 1. The summed E-state index contributed by atoms with van der Waals surface area (Å²) in [6.45, 7) is 6.31. The summed E-state index contributed by atoms with van der Waals surface area (Å²) in [6, 6.07) is 10.5. The summed E-state index contributed by atoms with van der Waals surface area (Å²) in [6.07, 6.45) is 2.39. The number of hydrogen-bond acceptors (Lipinski definition) is 3. The van der Waals surface area contributed by atoms with Crippen molar-refractivity contribution in [3.05, 3.63) is 47.4 Å². The fraction of sp³-hybridized carbons (Fsp3) is 0.412. The van der Waals surface area contributed by atoms with Crippen LogP contribution >= 0.6 is 0 Å². The van der Waals surface area contributed by atoms with Gasteiger partial charge in [0.15, 0.2) is 0 Å². The number of rotatable bonds is 2. The Morgan fingerprint density at radius 3 is 2.75 bits per heavy atom. The van der Waals surface area contributed by atoms with Gasteiger partial charge in [-0.05, 0) is 44.9 Å². The van der Waals surface area contributed by atoms with Gasteiger partial charge in [-0.15, -0.1) is 0 Å². The maximum absolute atomic E-state index is 4.84. The topological polar surface area (TPSA) is 37.8 Å². The molecule has 1 unspecified atom stereocenters. The number of hydrogen-bond donors (Lipinski definition) is 1. The van der Waals surface area contributed by atoms with Crippen LogP contribution in [0.15, 0.2) is 30.3 Å². The monoisotopic (exact) mass is 267 g/mol. The Morgan fingerprint density at radius 2 is 2.00 bits per heavy atom. The second-order valence-electron chi connectivity index (χ2n) is 5.61. The molecule has 0 amide bonds. The molecule has 0 aliphatic carbocycles. The van der Waals surface area contributed by atoms with Gasteiger partial charge < -0.3 is 5.32 Å². The first kappa shape index (κ1) is 13.3. The normalized spacial score (nSPS) is 19.0. The van der Waals surface area contributed by atoms with Crippen LogP contribution in [-0.2, 0) is 0 Å². The zero-order valence-corrected chi connectivity index (χ0v) is 12.2. The maximum Gasteiger partial charge on any atom is 0.133 e. The van der Waals surface area contributed by atoms with Crippen molar-refractivity contribution in [2.75, 3.05) is 13.1 Å². The van der Waals surface area contributed by atoms with Crippen LogP contribution in [0.3, 0.4) is 0 Å². The predicted octanol–water partition coefficient (Wildman–Crippen LogP) is 3.23. The summed E-state index contributed by atoms with van der Waals surface area (Å²) >= 11 is 0. The number of aryl methyl sites for hydroxylation is 2. The molecule has 1 aliphatic heterocycles. The lowest BCUT2D eigenvalue weighted by atomic mass is 9.98. The van der Waals surface area contributed by atoms with Crippen LogP contribution in [0.25, 0.3) is 11.3 Å². The number of nitrogens with zero attached hydrogens (tertiary/aromatic N) is 2. The minimum absolute atomic E-state index is 0.450. The minimum Gasteiger partial charge on any atom is -0.316 e. The number of aromatic nitrogens is 2. The lowest BCUT2D eigenvalue weighted by molar-refractivity contribution is 0.446. The van der Waals surface area contributed by atoms with E-state index in [9.17, 15) is 0 Å². The first-order valence-electron chi connectivity index (χ1n) is 7.36. The van der Waals surface area contributed by atoms with Crippen molar-refractivity contribution in [1.82, 2.24) is 15.3 Å². The molecule has 20 heavy (non-hydrogen) atoms. The van der Waals surface area contributed by atoms with Crippen LogP contribution in [-0.4, -0.2) is 23.1 Å². The molecule has 0 radical (unpaired) electrons. The third-order valence-electron chi connectivity index (χ3n) is 3.95. The van der Waals surface area contributed by atoms with Gasteiger partial charge in [0.25, 0.3) is 0 Å². The molecule has 1 aromatic carbocycles. The van der Waals surface area contributed by atoms with E-state index in [1.807, 2.05) is 0 Å². The summed E-state index contributed by atoms with van der Waals surface area (Å²) in [5, 5.41) is 3.44. The Bertz CT molecular complexity index is 601. The number of benzene rings is 1. The molecule has 0 bridgehead atoms. The van der Waals surface area contributed by atoms with Gasteiger partial charge in [0.2, 0.25) is 0 Å². The Kier molecular flexibility index (Phi) is 3.79. The highest BCUT2D eigenvalue weighted by molar-refractivity contribution is 5.63. The molecule has 0 saturated carbocycles. The average Bonchev–Trinajstić information content (AvgIpc) is 2.48. The molecule has 3 rings (SSSR count). The Balaban J connectivity index is 2.00. The Labute approximate surface area is 120 Å². The van der Waals surface area contributed by atoms with E-state index < -0.39 is 0 Å². The van der Waals surface area contributed by atoms with Gasteiger partial charge in [0.05, 0.1) is 5.69 Å². The van der Waals surface area contributed by atoms with Gasteiger partial charge in [-0.3, -0.25) is 0 Å². The van der Waals surface area contributed by atoms with Crippen molar-refractivity contribution in [2.45, 2.75) is 32.6 Å². The molecule has 3 heteroatoms. The van der Waals surface area contributed by atoms with Crippen LogP contribution in [0.4, 0.5) is 0 Å². The fourth-order valence-electron chi connectivity index (χ4n) is 2.84. The molecule has 0 spiro atoms. The molecular formula is C17H21N3. The van der Waals surface area contributed by atoms with Gasteiger partial charge >= 0.3 is 0 Å². The molecular weight excluding hydrogens is 246 g/mol. The van der Waals surface area contributed by atoms with Crippen molar-refractivity contribution in [2.24, 2.45) is 0 Å². The maximum atomic E-state index is 4.84. The molecule has 104 valence electrons. The molecule has 2 heterocycles. The fourth-order valence-corrected chi connectivity index (χ4v) is 2.84. The smallest absolute Gasteiger partial charge is 0.133 e. The SMILES string of the molecule is Cc1cc(-c2ccccc2C)nc(C2CCCNC2)n1. The van der Waals surface area contributed by atoms with E-state index in [4.69, 9.17) is 4.98 Å². The second kappa shape index (κ2) is 5.71. The molecule has 1 aromatic heterocycles. The highest BCUT2D eigenvalue weighted by Gasteiger charge is 2.19. The molecule has 3 nitrogen and oxygen atoms in total. The van der Waals surface area contributed by atoms with Crippen molar-refractivity contribution in [3.63, 3.8) is 0 Å². The highest BCUT2D eigenvalue weighted by Crippen LogP contribution is 2.25. The summed E-state index contributed by atoms with van der Waals surface area (Å²) in [5.74, 6) is 1.45. The average molecular weight is 267 g/mol. The van der Waals surface area contributed by atoms with Gasteiger partial charge in [-0.2, -0.15) is 0 Å². The van der Waals surface area contributed by atoms with E-state index in [0.717, 1.165) is 30.3 Å². The third kappa shape index (κ3) is 2.73. The lowest BCUT2D eigenvalue weighted by Crippen LogP contribution is -2.29. The van der Waals surface area contributed by atoms with Crippen LogP contribution in [0, 0.1) is 13.8 Å². The van der Waals surface area contributed by atoms with Gasteiger partial charge in [0, 0.05) is 23.7 Å².